The summed E-state index contributed by atoms with van der Waals surface area (Å²) in [5.41, 5.74) is 6.21. The maximum absolute atomic E-state index is 5.77. The summed E-state index contributed by atoms with van der Waals surface area (Å²) in [6.45, 7) is 4.10. The van der Waals surface area contributed by atoms with Crippen molar-refractivity contribution in [3.63, 3.8) is 0 Å². The van der Waals surface area contributed by atoms with E-state index in [1.54, 1.807) is 6.20 Å². The number of nitrogens with zero attached hydrogens (tertiary/aromatic N) is 2. The molecule has 5 nitrogen and oxygen atoms in total. The third-order valence-corrected chi connectivity index (χ3v) is 2.63. The molecular formula is C11H17N3O2. The van der Waals surface area contributed by atoms with Gasteiger partial charge in [0.05, 0.1) is 18.4 Å². The molecule has 2 atom stereocenters. The summed E-state index contributed by atoms with van der Waals surface area (Å²) in [6, 6.07) is 0. The molecule has 1 aliphatic heterocycles. The van der Waals surface area contributed by atoms with Crippen molar-refractivity contribution < 1.29 is 9.47 Å². The van der Waals surface area contributed by atoms with E-state index in [1.165, 1.54) is 6.33 Å². The van der Waals surface area contributed by atoms with Crippen molar-refractivity contribution in [3.05, 3.63) is 12.5 Å². The molecule has 2 unspecified atom stereocenters. The number of anilines is 1. The van der Waals surface area contributed by atoms with E-state index in [1.807, 2.05) is 0 Å². The van der Waals surface area contributed by atoms with Gasteiger partial charge in [0.2, 0.25) is 5.88 Å². The summed E-state index contributed by atoms with van der Waals surface area (Å²) in [5, 5.41) is 0. The second-order valence-corrected chi connectivity index (χ2v) is 4.25. The van der Waals surface area contributed by atoms with Crippen LogP contribution in [0.2, 0.25) is 0 Å². The minimum Gasteiger partial charge on any atom is -0.473 e. The highest BCUT2D eigenvalue weighted by Crippen LogP contribution is 2.25. The Morgan fingerprint density at radius 2 is 2.06 bits per heavy atom. The normalized spacial score (nSPS) is 30.0. The lowest BCUT2D eigenvalue weighted by molar-refractivity contribution is -0.0728. The molecule has 2 rings (SSSR count). The molecule has 16 heavy (non-hydrogen) atoms. The van der Waals surface area contributed by atoms with Crippen molar-refractivity contribution in [2.75, 3.05) is 5.73 Å². The molecule has 0 saturated carbocycles. The Morgan fingerprint density at radius 1 is 1.38 bits per heavy atom. The number of ether oxygens (including phenoxy) is 2. The first-order valence-corrected chi connectivity index (χ1v) is 5.52. The quantitative estimate of drug-likeness (QED) is 0.820. The molecular weight excluding hydrogens is 206 g/mol. The number of rotatable bonds is 2. The molecule has 0 aromatic carbocycles. The zero-order valence-corrected chi connectivity index (χ0v) is 9.59. The third kappa shape index (κ3) is 2.61. The second kappa shape index (κ2) is 4.65. The standard InChI is InChI=1S/C11H17N3O2/c1-7-3-9(4-8(2)15-7)16-11-10(12)5-13-6-14-11/h5-9H,3-4,12H2,1-2H3. The molecule has 5 heteroatoms. The van der Waals surface area contributed by atoms with Crippen molar-refractivity contribution in [1.29, 1.82) is 0 Å². The molecule has 1 aromatic rings. The Kier molecular flexibility index (Phi) is 3.24. The van der Waals surface area contributed by atoms with E-state index in [9.17, 15) is 0 Å². The Balaban J connectivity index is 2.02. The fourth-order valence-corrected chi connectivity index (χ4v) is 2.03. The Labute approximate surface area is 95.0 Å². The lowest BCUT2D eigenvalue weighted by Gasteiger charge is -2.32. The van der Waals surface area contributed by atoms with Gasteiger partial charge in [-0.1, -0.05) is 0 Å². The zero-order chi connectivity index (χ0) is 11.5. The fourth-order valence-electron chi connectivity index (χ4n) is 2.03. The van der Waals surface area contributed by atoms with Crippen LogP contribution in [0.4, 0.5) is 5.69 Å². The van der Waals surface area contributed by atoms with Crippen molar-refractivity contribution >= 4 is 5.69 Å². The lowest BCUT2D eigenvalue weighted by atomic mass is 10.0. The van der Waals surface area contributed by atoms with Crippen LogP contribution < -0.4 is 10.5 Å². The molecule has 0 aliphatic carbocycles. The minimum atomic E-state index is 0.121. The average Bonchev–Trinajstić information content (AvgIpc) is 2.20. The number of aromatic nitrogens is 2. The minimum absolute atomic E-state index is 0.121. The molecule has 0 radical (unpaired) electrons. The largest absolute Gasteiger partial charge is 0.473 e. The lowest BCUT2D eigenvalue weighted by Crippen LogP contribution is -2.36. The van der Waals surface area contributed by atoms with E-state index < -0.39 is 0 Å². The van der Waals surface area contributed by atoms with Crippen LogP contribution in [-0.2, 0) is 4.74 Å². The highest BCUT2D eigenvalue weighted by atomic mass is 16.5. The van der Waals surface area contributed by atoms with E-state index in [0.29, 0.717) is 11.6 Å². The van der Waals surface area contributed by atoms with Crippen LogP contribution in [0.1, 0.15) is 26.7 Å². The predicted molar refractivity (Wildman–Crippen MR) is 60.1 cm³/mol. The third-order valence-electron chi connectivity index (χ3n) is 2.63. The maximum atomic E-state index is 5.77. The average molecular weight is 223 g/mol. The first kappa shape index (κ1) is 11.1. The van der Waals surface area contributed by atoms with Gasteiger partial charge in [-0.3, -0.25) is 0 Å². The SMILES string of the molecule is CC1CC(Oc2ncncc2N)CC(C)O1. The van der Waals surface area contributed by atoms with Gasteiger partial charge in [0.25, 0.3) is 0 Å². The van der Waals surface area contributed by atoms with Crippen LogP contribution in [0.15, 0.2) is 12.5 Å². The fraction of sp³-hybridized carbons (Fsp3) is 0.636. The van der Waals surface area contributed by atoms with Crippen molar-refractivity contribution in [2.24, 2.45) is 0 Å². The van der Waals surface area contributed by atoms with E-state index in [-0.39, 0.29) is 18.3 Å². The topological polar surface area (TPSA) is 70.3 Å². The van der Waals surface area contributed by atoms with Gasteiger partial charge in [0, 0.05) is 12.8 Å². The van der Waals surface area contributed by atoms with E-state index >= 15 is 0 Å². The molecule has 88 valence electrons. The van der Waals surface area contributed by atoms with E-state index in [2.05, 4.69) is 23.8 Å². The predicted octanol–water partition coefficient (Wildman–Crippen LogP) is 1.39. The van der Waals surface area contributed by atoms with Gasteiger partial charge < -0.3 is 15.2 Å². The molecule has 1 aliphatic rings. The van der Waals surface area contributed by atoms with Gasteiger partial charge in [-0.25, -0.2) is 4.98 Å². The number of hydrogen-bond acceptors (Lipinski definition) is 5. The van der Waals surface area contributed by atoms with Crippen LogP contribution in [0.25, 0.3) is 0 Å². The highest BCUT2D eigenvalue weighted by Gasteiger charge is 2.26. The van der Waals surface area contributed by atoms with Gasteiger partial charge in [0.1, 0.15) is 18.1 Å². The summed E-state index contributed by atoms with van der Waals surface area (Å²) < 4.78 is 11.4. The molecule has 2 heterocycles. The van der Waals surface area contributed by atoms with Crippen LogP contribution in [-0.4, -0.2) is 28.3 Å². The number of nitrogen functional groups attached to an aromatic ring is 1. The molecule has 1 saturated heterocycles. The van der Waals surface area contributed by atoms with E-state index in [4.69, 9.17) is 15.2 Å². The summed E-state index contributed by atoms with van der Waals surface area (Å²) in [7, 11) is 0. The van der Waals surface area contributed by atoms with Crippen LogP contribution >= 0.6 is 0 Å². The van der Waals surface area contributed by atoms with Crippen LogP contribution in [0.5, 0.6) is 5.88 Å². The molecule has 1 fully saturated rings. The van der Waals surface area contributed by atoms with Gasteiger partial charge in [-0.05, 0) is 13.8 Å². The highest BCUT2D eigenvalue weighted by molar-refractivity contribution is 5.44. The summed E-state index contributed by atoms with van der Waals surface area (Å²) in [5.74, 6) is 0.473. The zero-order valence-electron chi connectivity index (χ0n) is 9.59. The molecule has 0 spiro atoms. The first-order chi connectivity index (χ1) is 7.65. The first-order valence-electron chi connectivity index (χ1n) is 5.52. The van der Waals surface area contributed by atoms with Gasteiger partial charge in [-0.15, -0.1) is 0 Å². The number of hydrogen-bond donors (Lipinski definition) is 1. The summed E-state index contributed by atoms with van der Waals surface area (Å²) in [6.07, 6.45) is 5.29. The summed E-state index contributed by atoms with van der Waals surface area (Å²) >= 11 is 0. The Bertz CT molecular complexity index is 349. The summed E-state index contributed by atoms with van der Waals surface area (Å²) in [4.78, 5) is 7.85. The van der Waals surface area contributed by atoms with Crippen LogP contribution in [0, 0.1) is 0 Å². The molecule has 0 bridgehead atoms. The van der Waals surface area contributed by atoms with Gasteiger partial charge in [0.15, 0.2) is 0 Å². The van der Waals surface area contributed by atoms with Crippen molar-refractivity contribution in [3.8, 4) is 5.88 Å². The molecule has 1 aromatic heterocycles. The maximum Gasteiger partial charge on any atom is 0.240 e. The Morgan fingerprint density at radius 3 is 2.69 bits per heavy atom. The Hall–Kier alpha value is -1.36. The van der Waals surface area contributed by atoms with E-state index in [0.717, 1.165) is 12.8 Å². The molecule has 0 amide bonds. The monoisotopic (exact) mass is 223 g/mol. The van der Waals surface area contributed by atoms with Crippen molar-refractivity contribution in [2.45, 2.75) is 45.0 Å². The van der Waals surface area contributed by atoms with Gasteiger partial charge >= 0.3 is 0 Å². The smallest absolute Gasteiger partial charge is 0.240 e. The molecule has 2 N–H and O–H groups in total. The number of nitrogens with two attached hydrogens (primary N) is 1. The van der Waals surface area contributed by atoms with Crippen molar-refractivity contribution in [1.82, 2.24) is 9.97 Å². The van der Waals surface area contributed by atoms with Gasteiger partial charge in [-0.2, -0.15) is 4.98 Å². The van der Waals surface area contributed by atoms with Crippen LogP contribution in [0.3, 0.4) is 0 Å². The second-order valence-electron chi connectivity index (χ2n) is 4.25.